The highest BCUT2D eigenvalue weighted by Gasteiger charge is 2.15. The topological polar surface area (TPSA) is 20.2 Å². The lowest BCUT2D eigenvalue weighted by molar-refractivity contribution is 0.0920. The van der Waals surface area contributed by atoms with E-state index in [-0.39, 0.29) is 6.10 Å². The molecule has 0 aliphatic rings. The summed E-state index contributed by atoms with van der Waals surface area (Å²) in [6, 6.07) is 0. The Hall–Kier alpha value is -0.300. The molecule has 13 heavy (non-hydrogen) atoms. The van der Waals surface area contributed by atoms with Gasteiger partial charge in [0.1, 0.15) is 0 Å². The van der Waals surface area contributed by atoms with E-state index in [1.807, 2.05) is 6.08 Å². The number of aliphatic hydroxyl groups is 1. The molecule has 0 aromatic rings. The quantitative estimate of drug-likeness (QED) is 0.452. The molecule has 0 fully saturated rings. The third kappa shape index (κ3) is 5.87. The van der Waals surface area contributed by atoms with Gasteiger partial charge in [0, 0.05) is 0 Å². The second-order valence-electron chi connectivity index (χ2n) is 3.74. The highest BCUT2D eigenvalue weighted by atomic mass is 16.3. The molecular formula is C12H24O. The zero-order valence-corrected chi connectivity index (χ0v) is 9.13. The van der Waals surface area contributed by atoms with Gasteiger partial charge in [-0.1, -0.05) is 26.3 Å². The molecule has 2 unspecified atom stereocenters. The van der Waals surface area contributed by atoms with Crippen molar-refractivity contribution in [3.63, 3.8) is 0 Å². The summed E-state index contributed by atoms with van der Waals surface area (Å²) < 4.78 is 0. The van der Waals surface area contributed by atoms with Gasteiger partial charge in [0.2, 0.25) is 0 Å². The van der Waals surface area contributed by atoms with Gasteiger partial charge >= 0.3 is 0 Å². The molecule has 0 aromatic heterocycles. The first-order valence-electron chi connectivity index (χ1n) is 5.55. The van der Waals surface area contributed by atoms with Gasteiger partial charge < -0.3 is 5.11 Å². The summed E-state index contributed by atoms with van der Waals surface area (Å²) in [6.45, 7) is 7.95. The number of unbranched alkanes of at least 4 members (excludes halogenated alkanes) is 1. The molecule has 0 saturated carbocycles. The Bertz CT molecular complexity index is 120. The lowest BCUT2D eigenvalue weighted by atomic mass is 9.90. The molecule has 0 aliphatic carbocycles. The van der Waals surface area contributed by atoms with Crippen LogP contribution in [0, 0.1) is 5.92 Å². The molecule has 0 saturated heterocycles. The lowest BCUT2D eigenvalue weighted by Crippen LogP contribution is -2.19. The molecule has 0 aliphatic heterocycles. The number of hydrogen-bond acceptors (Lipinski definition) is 1. The normalized spacial score (nSPS) is 15.3. The van der Waals surface area contributed by atoms with Crippen LogP contribution in [0.4, 0.5) is 0 Å². The van der Waals surface area contributed by atoms with Crippen LogP contribution in [0.2, 0.25) is 0 Å². The first-order chi connectivity index (χ1) is 6.26. The van der Waals surface area contributed by atoms with Gasteiger partial charge in [0.25, 0.3) is 0 Å². The Morgan fingerprint density at radius 1 is 1.31 bits per heavy atom. The van der Waals surface area contributed by atoms with Crippen LogP contribution in [-0.2, 0) is 0 Å². The summed E-state index contributed by atoms with van der Waals surface area (Å²) in [7, 11) is 0. The average Bonchev–Trinajstić information content (AvgIpc) is 2.16. The van der Waals surface area contributed by atoms with E-state index in [2.05, 4.69) is 20.4 Å². The lowest BCUT2D eigenvalue weighted by Gasteiger charge is -2.20. The van der Waals surface area contributed by atoms with Crippen molar-refractivity contribution in [2.24, 2.45) is 5.92 Å². The van der Waals surface area contributed by atoms with Gasteiger partial charge in [-0.2, -0.15) is 0 Å². The minimum absolute atomic E-state index is 0.0928. The minimum atomic E-state index is -0.0928. The number of aliphatic hydroxyl groups excluding tert-OH is 1. The van der Waals surface area contributed by atoms with Crippen molar-refractivity contribution in [3.8, 4) is 0 Å². The molecule has 0 rings (SSSR count). The minimum Gasteiger partial charge on any atom is -0.393 e. The van der Waals surface area contributed by atoms with Crippen LogP contribution in [0.3, 0.4) is 0 Å². The van der Waals surface area contributed by atoms with E-state index in [4.69, 9.17) is 0 Å². The van der Waals surface area contributed by atoms with Crippen molar-refractivity contribution >= 4 is 0 Å². The van der Waals surface area contributed by atoms with E-state index >= 15 is 0 Å². The predicted molar refractivity (Wildman–Crippen MR) is 58.7 cm³/mol. The third-order valence-corrected chi connectivity index (χ3v) is 2.61. The van der Waals surface area contributed by atoms with Crippen molar-refractivity contribution < 1.29 is 5.11 Å². The van der Waals surface area contributed by atoms with Crippen molar-refractivity contribution in [2.75, 3.05) is 0 Å². The van der Waals surface area contributed by atoms with Crippen LogP contribution in [0.25, 0.3) is 0 Å². The Morgan fingerprint density at radius 2 is 2.00 bits per heavy atom. The van der Waals surface area contributed by atoms with Crippen molar-refractivity contribution in [1.82, 2.24) is 0 Å². The van der Waals surface area contributed by atoms with Crippen LogP contribution in [0.1, 0.15) is 52.4 Å². The zero-order valence-electron chi connectivity index (χ0n) is 9.13. The third-order valence-electron chi connectivity index (χ3n) is 2.61. The largest absolute Gasteiger partial charge is 0.393 e. The molecule has 78 valence electrons. The summed E-state index contributed by atoms with van der Waals surface area (Å²) >= 11 is 0. The van der Waals surface area contributed by atoms with Crippen LogP contribution >= 0.6 is 0 Å². The van der Waals surface area contributed by atoms with Gasteiger partial charge in [0.15, 0.2) is 0 Å². The summed E-state index contributed by atoms with van der Waals surface area (Å²) in [6.07, 6.45) is 8.49. The SMILES string of the molecule is C=CCCCC(CCC)C(O)CC. The molecule has 0 radical (unpaired) electrons. The second kappa shape index (κ2) is 8.31. The highest BCUT2D eigenvalue weighted by Crippen LogP contribution is 2.20. The highest BCUT2D eigenvalue weighted by molar-refractivity contribution is 4.71. The van der Waals surface area contributed by atoms with E-state index in [0.717, 1.165) is 25.7 Å². The monoisotopic (exact) mass is 184 g/mol. The van der Waals surface area contributed by atoms with Crippen molar-refractivity contribution in [1.29, 1.82) is 0 Å². The Labute approximate surface area is 82.9 Å². The van der Waals surface area contributed by atoms with Crippen LogP contribution in [0.5, 0.6) is 0 Å². The fourth-order valence-electron chi connectivity index (χ4n) is 1.76. The van der Waals surface area contributed by atoms with E-state index in [9.17, 15) is 5.11 Å². The van der Waals surface area contributed by atoms with Crippen LogP contribution in [0.15, 0.2) is 12.7 Å². The van der Waals surface area contributed by atoms with E-state index in [0.29, 0.717) is 5.92 Å². The maximum absolute atomic E-state index is 9.72. The van der Waals surface area contributed by atoms with Gasteiger partial charge in [-0.3, -0.25) is 0 Å². The Kier molecular flexibility index (Phi) is 8.11. The van der Waals surface area contributed by atoms with Crippen molar-refractivity contribution in [3.05, 3.63) is 12.7 Å². The fourth-order valence-corrected chi connectivity index (χ4v) is 1.76. The molecule has 0 amide bonds. The van der Waals surface area contributed by atoms with Gasteiger partial charge in [-0.05, 0) is 38.0 Å². The van der Waals surface area contributed by atoms with Crippen LogP contribution < -0.4 is 0 Å². The number of hydrogen-bond donors (Lipinski definition) is 1. The van der Waals surface area contributed by atoms with Crippen LogP contribution in [-0.4, -0.2) is 11.2 Å². The summed E-state index contributed by atoms with van der Waals surface area (Å²) in [4.78, 5) is 0. The molecule has 1 nitrogen and oxygen atoms in total. The summed E-state index contributed by atoms with van der Waals surface area (Å²) in [5.74, 6) is 0.509. The van der Waals surface area contributed by atoms with Gasteiger partial charge in [0.05, 0.1) is 6.10 Å². The fraction of sp³-hybridized carbons (Fsp3) is 0.833. The van der Waals surface area contributed by atoms with Crippen molar-refractivity contribution in [2.45, 2.75) is 58.5 Å². The summed E-state index contributed by atoms with van der Waals surface area (Å²) in [5, 5.41) is 9.72. The van der Waals surface area contributed by atoms with E-state index in [1.54, 1.807) is 0 Å². The molecule has 1 heteroatoms. The smallest absolute Gasteiger partial charge is 0.0565 e. The zero-order chi connectivity index (χ0) is 10.1. The molecule has 0 heterocycles. The molecule has 0 aromatic carbocycles. The molecule has 1 N–H and O–H groups in total. The first kappa shape index (κ1) is 12.7. The molecule has 0 spiro atoms. The molecular weight excluding hydrogens is 160 g/mol. The maximum Gasteiger partial charge on any atom is 0.0565 e. The van der Waals surface area contributed by atoms with E-state index in [1.165, 1.54) is 12.8 Å². The molecule has 2 atom stereocenters. The number of allylic oxidation sites excluding steroid dienone is 1. The van der Waals surface area contributed by atoms with Gasteiger partial charge in [-0.15, -0.1) is 6.58 Å². The average molecular weight is 184 g/mol. The maximum atomic E-state index is 9.72. The predicted octanol–water partition coefficient (Wildman–Crippen LogP) is 3.53. The molecule has 0 bridgehead atoms. The number of rotatable bonds is 8. The Balaban J connectivity index is 3.71. The second-order valence-corrected chi connectivity index (χ2v) is 3.74. The standard InChI is InChI=1S/C12H24O/c1-4-7-8-10-11(9-5-2)12(13)6-3/h4,11-13H,1,5-10H2,2-3H3. The van der Waals surface area contributed by atoms with Gasteiger partial charge in [-0.25, -0.2) is 0 Å². The Morgan fingerprint density at radius 3 is 2.46 bits per heavy atom. The summed E-state index contributed by atoms with van der Waals surface area (Å²) in [5.41, 5.74) is 0. The first-order valence-corrected chi connectivity index (χ1v) is 5.55. The van der Waals surface area contributed by atoms with E-state index < -0.39 is 0 Å².